The van der Waals surface area contributed by atoms with Crippen LogP contribution >= 0.6 is 8.16 Å². The number of allylic oxidation sites excluding steroid dienone is 1. The van der Waals surface area contributed by atoms with Crippen molar-refractivity contribution in [3.05, 3.63) is 12.2 Å². The number of hydrogen-bond acceptors (Lipinski definition) is 2. The van der Waals surface area contributed by atoms with E-state index >= 15 is 0 Å². The number of rotatable bonds is 2. The summed E-state index contributed by atoms with van der Waals surface area (Å²) in [5.41, 5.74) is 0. The molecule has 0 aliphatic rings. The molecule has 0 atom stereocenters. The van der Waals surface area contributed by atoms with Gasteiger partial charge in [0.1, 0.15) is 0 Å². The van der Waals surface area contributed by atoms with Crippen molar-refractivity contribution in [2.24, 2.45) is 0 Å². The summed E-state index contributed by atoms with van der Waals surface area (Å²) < 4.78 is 77.1. The van der Waals surface area contributed by atoms with Crippen LogP contribution < -0.4 is 0 Å². The van der Waals surface area contributed by atoms with Gasteiger partial charge in [0.15, 0.2) is 0 Å². The van der Waals surface area contributed by atoms with Gasteiger partial charge < -0.3 is 0 Å². The summed E-state index contributed by atoms with van der Waals surface area (Å²) in [6.07, 6.45) is 2.93. The Kier molecular flexibility index (Phi) is 9.40. The van der Waals surface area contributed by atoms with Crippen LogP contribution in [0.1, 0.15) is 6.92 Å². The first-order valence-electron chi connectivity index (χ1n) is 2.97. The Labute approximate surface area is 96.2 Å². The molecule has 1 N–H and O–H groups in total. The topological polar surface area (TPSA) is 54.4 Å². The van der Waals surface area contributed by atoms with Crippen molar-refractivity contribution in [1.29, 1.82) is 0 Å². The van der Waals surface area contributed by atoms with Crippen LogP contribution in [0.3, 0.4) is 0 Å². The van der Waals surface area contributed by atoms with E-state index in [4.69, 9.17) is 4.55 Å². The van der Waals surface area contributed by atoms with Crippen molar-refractivity contribution in [2.75, 3.05) is 5.75 Å². The van der Waals surface area contributed by atoms with Crippen LogP contribution in [0.2, 0.25) is 0 Å². The second kappa shape index (κ2) is 6.81. The molecule has 0 fully saturated rings. The summed E-state index contributed by atoms with van der Waals surface area (Å²) in [7, 11) is -12.3. The van der Waals surface area contributed by atoms with E-state index in [1.165, 1.54) is 6.08 Å². The predicted molar refractivity (Wildman–Crippen MR) is 50.8 cm³/mol. The van der Waals surface area contributed by atoms with Crippen LogP contribution in [-0.2, 0) is 10.1 Å². The molecule has 0 aromatic carbocycles. The van der Waals surface area contributed by atoms with E-state index in [0.717, 1.165) is 0 Å². The van der Waals surface area contributed by atoms with E-state index in [1.807, 2.05) is 0 Å². The second-order valence-electron chi connectivity index (χ2n) is 1.96. The first-order chi connectivity index (χ1) is 5.80. The molecule has 0 unspecified atom stereocenters. The SMILES string of the molecule is C/C=C/CS(=O)(=O)O.FP(F)(F)(F)F.[LiH]. The van der Waals surface area contributed by atoms with E-state index in [9.17, 15) is 29.4 Å². The molecular weight excluding hydrogens is 261 g/mol. The predicted octanol–water partition coefficient (Wildman–Crippen LogP) is 2.76. The van der Waals surface area contributed by atoms with E-state index in [2.05, 4.69) is 0 Å². The molecule has 0 rings (SSSR count). The Bertz CT molecular complexity index is 278. The summed E-state index contributed by atoms with van der Waals surface area (Å²) in [5.74, 6) is -0.288. The van der Waals surface area contributed by atoms with Crippen LogP contribution in [0.4, 0.5) is 21.0 Å². The first-order valence-corrected chi connectivity index (χ1v) is 6.27. The fraction of sp³-hybridized carbons (Fsp3) is 0.500. The van der Waals surface area contributed by atoms with E-state index in [-0.39, 0.29) is 24.6 Å². The number of hydrogen-bond donors (Lipinski definition) is 1. The van der Waals surface area contributed by atoms with Gasteiger partial charge in [-0.3, -0.25) is 4.55 Å². The molecule has 90 valence electrons. The van der Waals surface area contributed by atoms with Crippen LogP contribution in [0.15, 0.2) is 12.2 Å². The summed E-state index contributed by atoms with van der Waals surface area (Å²) >= 11 is 0. The Morgan fingerprint density at radius 2 is 1.47 bits per heavy atom. The van der Waals surface area contributed by atoms with Crippen molar-refractivity contribution in [2.45, 2.75) is 6.92 Å². The van der Waals surface area contributed by atoms with Crippen LogP contribution in [0, 0.1) is 0 Å². The molecule has 0 amide bonds. The van der Waals surface area contributed by atoms with Gasteiger partial charge in [0.25, 0.3) is 10.1 Å². The third-order valence-electron chi connectivity index (χ3n) is 0.543. The molecule has 0 heterocycles. The molecule has 11 heteroatoms. The van der Waals surface area contributed by atoms with Crippen molar-refractivity contribution in [3.8, 4) is 0 Å². The van der Waals surface area contributed by atoms with Gasteiger partial charge in [-0.25, -0.2) is 0 Å². The molecule has 0 bridgehead atoms. The van der Waals surface area contributed by atoms with Gasteiger partial charge >= 0.3 is 48.0 Å². The average molecular weight is 270 g/mol. The Morgan fingerprint density at radius 1 is 1.20 bits per heavy atom. The molecule has 0 aromatic rings. The van der Waals surface area contributed by atoms with Gasteiger partial charge in [0.05, 0.1) is 5.75 Å². The molecule has 0 aromatic heterocycles. The van der Waals surface area contributed by atoms with Crippen LogP contribution in [0.25, 0.3) is 0 Å². The quantitative estimate of drug-likeness (QED) is 0.276. The standard InChI is InChI=1S/C4H8O3S.F5P.Li.H/c1-2-3-4-8(5,6)7;1-6(2,3,4)5;;/h2-3H,4H2,1H3,(H,5,6,7);;;/b3-2+;;;. The third kappa shape index (κ3) is 76.7. The van der Waals surface area contributed by atoms with Crippen LogP contribution in [0.5, 0.6) is 0 Å². The summed E-state index contributed by atoms with van der Waals surface area (Å²) in [5, 5.41) is 0. The molecule has 15 heavy (non-hydrogen) atoms. The molecule has 0 aliphatic heterocycles. The zero-order valence-corrected chi connectivity index (χ0v) is 8.58. The molecule has 0 saturated heterocycles. The summed E-state index contributed by atoms with van der Waals surface area (Å²) in [4.78, 5) is 0. The molecule has 0 spiro atoms. The van der Waals surface area contributed by atoms with Crippen LogP contribution in [-0.4, -0.2) is 37.6 Å². The zero-order valence-electron chi connectivity index (χ0n) is 6.87. The molecule has 0 aliphatic carbocycles. The van der Waals surface area contributed by atoms with Crippen molar-refractivity contribution < 1.29 is 34.0 Å². The minimum atomic E-state index is -8.55. The fourth-order valence-corrected chi connectivity index (χ4v) is 0.653. The minimum absolute atomic E-state index is 0. The maximum absolute atomic E-state index is 9.89. The fourth-order valence-electron chi connectivity index (χ4n) is 0.218. The Morgan fingerprint density at radius 3 is 1.53 bits per heavy atom. The van der Waals surface area contributed by atoms with E-state index in [1.54, 1.807) is 13.0 Å². The molecule has 0 radical (unpaired) electrons. The maximum atomic E-state index is 9.89. The van der Waals surface area contributed by atoms with E-state index in [0.29, 0.717) is 0 Å². The van der Waals surface area contributed by atoms with Gasteiger partial charge in [-0.15, -0.1) is 0 Å². The van der Waals surface area contributed by atoms with Gasteiger partial charge in [0.2, 0.25) is 0 Å². The van der Waals surface area contributed by atoms with Gasteiger partial charge in [-0.1, -0.05) is 12.2 Å². The molecular formula is C4H9F5LiO3PS. The zero-order chi connectivity index (χ0) is 12.1. The van der Waals surface area contributed by atoms with Gasteiger partial charge in [0, 0.05) is 0 Å². The Balaban J connectivity index is -0.000000187. The Hall–Kier alpha value is 0.327. The first kappa shape index (κ1) is 20.7. The monoisotopic (exact) mass is 270 g/mol. The second-order valence-corrected chi connectivity index (χ2v) is 4.73. The van der Waals surface area contributed by atoms with Crippen molar-refractivity contribution in [3.63, 3.8) is 0 Å². The summed E-state index contributed by atoms with van der Waals surface area (Å²) in [6.45, 7) is 1.69. The van der Waals surface area contributed by atoms with Crippen molar-refractivity contribution in [1.82, 2.24) is 0 Å². The third-order valence-corrected chi connectivity index (χ3v) is 1.16. The average Bonchev–Trinajstić information content (AvgIpc) is 1.75. The van der Waals surface area contributed by atoms with E-state index < -0.39 is 18.3 Å². The summed E-state index contributed by atoms with van der Waals surface area (Å²) in [6, 6.07) is 0. The van der Waals surface area contributed by atoms with Crippen molar-refractivity contribution >= 4 is 37.1 Å². The number of halogens is 5. The van der Waals surface area contributed by atoms with Gasteiger partial charge in [-0.05, 0) is 6.92 Å². The molecule has 3 nitrogen and oxygen atoms in total. The van der Waals surface area contributed by atoms with Gasteiger partial charge in [-0.2, -0.15) is 8.42 Å². The normalized spacial score (nSPS) is 14.5. The molecule has 0 saturated carbocycles.